The number of fused-ring (bicyclic) bond motifs is 1. The predicted molar refractivity (Wildman–Crippen MR) is 115 cm³/mol. The first-order valence-corrected chi connectivity index (χ1v) is 9.79. The van der Waals surface area contributed by atoms with Gasteiger partial charge in [0, 0.05) is 28.0 Å². The topological polar surface area (TPSA) is 91.1 Å². The van der Waals surface area contributed by atoms with E-state index in [-0.39, 0.29) is 5.91 Å². The first-order valence-electron chi connectivity index (χ1n) is 8.91. The van der Waals surface area contributed by atoms with Crippen LogP contribution in [0.2, 0.25) is 0 Å². The summed E-state index contributed by atoms with van der Waals surface area (Å²) >= 11 is 1.34. The zero-order chi connectivity index (χ0) is 20.4. The molecule has 2 heterocycles. The summed E-state index contributed by atoms with van der Waals surface area (Å²) in [6.45, 7) is 1.77. The summed E-state index contributed by atoms with van der Waals surface area (Å²) in [6, 6.07) is 17.6. The van der Waals surface area contributed by atoms with Crippen LogP contribution in [-0.4, -0.2) is 22.6 Å². The van der Waals surface area contributed by atoms with Crippen LogP contribution in [-0.2, 0) is 4.79 Å². The van der Waals surface area contributed by atoms with Crippen molar-refractivity contribution >= 4 is 51.2 Å². The lowest BCUT2D eigenvalue weighted by atomic mass is 10.1. The third-order valence-corrected chi connectivity index (χ3v) is 5.32. The Morgan fingerprint density at radius 2 is 1.66 bits per heavy atom. The Balaban J connectivity index is 1.51. The number of aromatic nitrogens is 1. The average molecular weight is 403 g/mol. The van der Waals surface area contributed by atoms with Gasteiger partial charge in [0.15, 0.2) is 0 Å². The number of para-hydroxylation sites is 1. The van der Waals surface area contributed by atoms with Crippen LogP contribution in [0.5, 0.6) is 0 Å². The molecule has 144 valence electrons. The normalized spacial score (nSPS) is 10.7. The Hall–Kier alpha value is -3.71. The SMILES string of the molecule is Cc1[nH]c2ccccc2c1C(=O)C(=O)Nc1cccc(NC(=O)c2cccs2)c1. The van der Waals surface area contributed by atoms with E-state index in [1.807, 2.05) is 23.6 Å². The van der Waals surface area contributed by atoms with Gasteiger partial charge in [0.05, 0.1) is 10.4 Å². The van der Waals surface area contributed by atoms with Gasteiger partial charge in [-0.15, -0.1) is 11.3 Å². The molecule has 0 unspecified atom stereocenters. The second kappa shape index (κ2) is 7.73. The molecule has 29 heavy (non-hydrogen) atoms. The number of H-pyrrole nitrogens is 1. The number of nitrogens with one attached hydrogen (secondary N) is 3. The van der Waals surface area contributed by atoms with Crippen LogP contribution in [0.3, 0.4) is 0 Å². The molecule has 0 radical (unpaired) electrons. The van der Waals surface area contributed by atoms with E-state index in [9.17, 15) is 14.4 Å². The number of hydrogen-bond donors (Lipinski definition) is 3. The lowest BCUT2D eigenvalue weighted by molar-refractivity contribution is -0.112. The van der Waals surface area contributed by atoms with Crippen molar-refractivity contribution in [2.75, 3.05) is 10.6 Å². The molecule has 4 rings (SSSR count). The minimum atomic E-state index is -0.736. The van der Waals surface area contributed by atoms with Gasteiger partial charge in [0.2, 0.25) is 0 Å². The van der Waals surface area contributed by atoms with E-state index in [1.165, 1.54) is 11.3 Å². The van der Waals surface area contributed by atoms with Crippen molar-refractivity contribution < 1.29 is 14.4 Å². The number of rotatable bonds is 5. The number of aryl methyl sites for hydroxylation is 1. The highest BCUT2D eigenvalue weighted by Gasteiger charge is 2.22. The molecule has 0 aliphatic rings. The molecule has 0 saturated heterocycles. The van der Waals surface area contributed by atoms with E-state index in [0.29, 0.717) is 32.9 Å². The van der Waals surface area contributed by atoms with Crippen LogP contribution >= 0.6 is 11.3 Å². The van der Waals surface area contributed by atoms with Gasteiger partial charge in [0.1, 0.15) is 0 Å². The van der Waals surface area contributed by atoms with Gasteiger partial charge in [-0.1, -0.05) is 30.3 Å². The van der Waals surface area contributed by atoms with Gasteiger partial charge in [0.25, 0.3) is 17.6 Å². The molecule has 0 aliphatic carbocycles. The molecule has 0 fully saturated rings. The molecule has 0 atom stereocenters. The molecule has 0 bridgehead atoms. The number of hydrogen-bond acceptors (Lipinski definition) is 4. The van der Waals surface area contributed by atoms with Crippen LogP contribution < -0.4 is 10.6 Å². The Morgan fingerprint density at radius 1 is 0.897 bits per heavy atom. The molecule has 3 N–H and O–H groups in total. The Bertz CT molecular complexity index is 1230. The molecule has 2 aromatic heterocycles. The molecular formula is C22H17N3O3S. The molecule has 0 saturated carbocycles. The number of Topliss-reactive ketones (excluding diaryl/α,β-unsaturated/α-hetero) is 1. The van der Waals surface area contributed by atoms with E-state index in [4.69, 9.17) is 0 Å². The largest absolute Gasteiger partial charge is 0.358 e. The number of carbonyl (C=O) groups is 3. The number of ketones is 1. The third kappa shape index (κ3) is 3.81. The highest BCUT2D eigenvalue weighted by molar-refractivity contribution is 7.12. The first-order chi connectivity index (χ1) is 14.0. The third-order valence-electron chi connectivity index (χ3n) is 4.45. The monoisotopic (exact) mass is 403 g/mol. The zero-order valence-electron chi connectivity index (χ0n) is 15.5. The van der Waals surface area contributed by atoms with Gasteiger partial charge >= 0.3 is 0 Å². The summed E-state index contributed by atoms with van der Waals surface area (Å²) in [5, 5.41) is 7.93. The van der Waals surface area contributed by atoms with E-state index < -0.39 is 11.7 Å². The second-order valence-corrected chi connectivity index (χ2v) is 7.41. The maximum atomic E-state index is 12.8. The van der Waals surface area contributed by atoms with Crippen LogP contribution in [0.25, 0.3) is 10.9 Å². The highest BCUT2D eigenvalue weighted by Crippen LogP contribution is 2.23. The maximum Gasteiger partial charge on any atom is 0.296 e. The van der Waals surface area contributed by atoms with Gasteiger partial charge in [-0.25, -0.2) is 0 Å². The minimum Gasteiger partial charge on any atom is -0.358 e. The number of anilines is 2. The summed E-state index contributed by atoms with van der Waals surface area (Å²) in [4.78, 5) is 41.2. The fraction of sp³-hybridized carbons (Fsp3) is 0.0455. The van der Waals surface area contributed by atoms with Crippen LogP contribution in [0.1, 0.15) is 25.7 Å². The standard InChI is InChI=1S/C22H17N3O3S/c1-13-19(16-8-2-3-9-17(16)23-13)20(26)22(28)25-15-7-4-6-14(12-15)24-21(27)18-10-5-11-29-18/h2-12,23H,1H3,(H,24,27)(H,25,28). The lowest BCUT2D eigenvalue weighted by Crippen LogP contribution is -2.23. The Kier molecular flexibility index (Phi) is 4.97. The first kappa shape index (κ1) is 18.6. The zero-order valence-corrected chi connectivity index (χ0v) is 16.3. The van der Waals surface area contributed by atoms with Crippen molar-refractivity contribution in [3.63, 3.8) is 0 Å². The van der Waals surface area contributed by atoms with Gasteiger partial charge < -0.3 is 15.6 Å². The number of benzene rings is 2. The number of thiophene rings is 1. The maximum absolute atomic E-state index is 12.8. The number of amides is 2. The lowest BCUT2D eigenvalue weighted by Gasteiger charge is -2.08. The summed E-state index contributed by atoms with van der Waals surface area (Å²) in [5.74, 6) is -1.58. The van der Waals surface area contributed by atoms with Crippen molar-refractivity contribution in [1.29, 1.82) is 0 Å². The molecular weight excluding hydrogens is 386 g/mol. The molecule has 6 nitrogen and oxygen atoms in total. The minimum absolute atomic E-state index is 0.228. The molecule has 0 aliphatic heterocycles. The number of carbonyl (C=O) groups excluding carboxylic acids is 3. The summed E-state index contributed by atoms with van der Waals surface area (Å²) < 4.78 is 0. The smallest absolute Gasteiger partial charge is 0.296 e. The van der Waals surface area contributed by atoms with Crippen molar-refractivity contribution in [1.82, 2.24) is 4.98 Å². The number of aromatic amines is 1. The average Bonchev–Trinajstić information content (AvgIpc) is 3.35. The van der Waals surface area contributed by atoms with Crippen molar-refractivity contribution in [2.45, 2.75) is 6.92 Å². The molecule has 4 aromatic rings. The Labute approximate surface area is 170 Å². The van der Waals surface area contributed by atoms with Crippen LogP contribution in [0, 0.1) is 6.92 Å². The highest BCUT2D eigenvalue weighted by atomic mass is 32.1. The Morgan fingerprint density at radius 3 is 2.41 bits per heavy atom. The van der Waals surface area contributed by atoms with Crippen LogP contribution in [0.4, 0.5) is 11.4 Å². The van der Waals surface area contributed by atoms with Crippen molar-refractivity contribution in [2.24, 2.45) is 0 Å². The van der Waals surface area contributed by atoms with Crippen molar-refractivity contribution in [3.8, 4) is 0 Å². The summed E-state index contributed by atoms with van der Waals surface area (Å²) in [5.41, 5.74) is 2.75. The summed E-state index contributed by atoms with van der Waals surface area (Å²) in [7, 11) is 0. The molecule has 7 heteroatoms. The fourth-order valence-electron chi connectivity index (χ4n) is 3.15. The quantitative estimate of drug-likeness (QED) is 0.336. The second-order valence-electron chi connectivity index (χ2n) is 6.47. The van der Waals surface area contributed by atoms with E-state index in [0.717, 1.165) is 5.52 Å². The van der Waals surface area contributed by atoms with Crippen LogP contribution in [0.15, 0.2) is 66.0 Å². The molecule has 2 aromatic carbocycles. The summed E-state index contributed by atoms with van der Waals surface area (Å²) in [6.07, 6.45) is 0. The van der Waals surface area contributed by atoms with E-state index >= 15 is 0 Å². The predicted octanol–water partition coefficient (Wildman–Crippen LogP) is 4.61. The molecule has 0 spiro atoms. The van der Waals surface area contributed by atoms with Gasteiger partial charge in [-0.3, -0.25) is 14.4 Å². The molecule has 2 amide bonds. The van der Waals surface area contributed by atoms with Crippen molar-refractivity contribution in [3.05, 3.63) is 82.2 Å². The van der Waals surface area contributed by atoms with Gasteiger partial charge in [-0.2, -0.15) is 0 Å². The van der Waals surface area contributed by atoms with E-state index in [1.54, 1.807) is 49.4 Å². The van der Waals surface area contributed by atoms with E-state index in [2.05, 4.69) is 15.6 Å². The van der Waals surface area contributed by atoms with Gasteiger partial charge in [-0.05, 0) is 42.6 Å². The fourth-order valence-corrected chi connectivity index (χ4v) is 3.76.